The van der Waals surface area contributed by atoms with Gasteiger partial charge in [-0.1, -0.05) is 41.1 Å². The molecule has 0 saturated carbocycles. The topological polar surface area (TPSA) is 170 Å². The molecule has 4 aromatic rings. The van der Waals surface area contributed by atoms with Gasteiger partial charge >= 0.3 is 0 Å². The number of imide groups is 2. The number of aromatic nitrogens is 3. The Balaban J connectivity index is 0.920. The van der Waals surface area contributed by atoms with Crippen LogP contribution in [-0.4, -0.2) is 98.8 Å². The van der Waals surface area contributed by atoms with Crippen LogP contribution in [0.1, 0.15) is 54.6 Å². The minimum Gasteiger partial charge on any atom is -0.354 e. The van der Waals surface area contributed by atoms with E-state index in [1.165, 1.54) is 29.3 Å². The Bertz CT molecular complexity index is 2080. The summed E-state index contributed by atoms with van der Waals surface area (Å²) in [6, 6.07) is 11.5. The van der Waals surface area contributed by atoms with Crippen molar-refractivity contribution in [1.29, 1.82) is 0 Å². The third kappa shape index (κ3) is 7.37. The second-order valence-corrected chi connectivity index (χ2v) is 15.1. The van der Waals surface area contributed by atoms with Gasteiger partial charge in [-0.3, -0.25) is 39.1 Å². The van der Waals surface area contributed by atoms with Crippen molar-refractivity contribution in [2.75, 3.05) is 54.0 Å². The van der Waals surface area contributed by atoms with Gasteiger partial charge in [-0.2, -0.15) is 0 Å². The highest BCUT2D eigenvalue weighted by atomic mass is 35.5. The minimum atomic E-state index is -0.992. The molecule has 0 spiro atoms. The van der Waals surface area contributed by atoms with Crippen LogP contribution in [0.4, 0.5) is 22.5 Å². The lowest BCUT2D eigenvalue weighted by Gasteiger charge is -2.35. The van der Waals surface area contributed by atoms with Gasteiger partial charge in [-0.05, 0) is 44.0 Å². The molecular formula is C35H34ClN9O5S2. The summed E-state index contributed by atoms with van der Waals surface area (Å²) >= 11 is 9.00. The molecule has 2 aromatic carbocycles. The fourth-order valence-corrected chi connectivity index (χ4v) is 8.45. The zero-order chi connectivity index (χ0) is 36.5. The number of hydrogen-bond acceptors (Lipinski definition) is 13. The van der Waals surface area contributed by atoms with Crippen molar-refractivity contribution in [2.24, 2.45) is 0 Å². The number of aryl methyl sites for hydroxylation is 2. The van der Waals surface area contributed by atoms with Gasteiger partial charge in [0, 0.05) is 55.9 Å². The van der Waals surface area contributed by atoms with Crippen molar-refractivity contribution in [2.45, 2.75) is 37.6 Å². The highest BCUT2D eigenvalue weighted by Crippen LogP contribution is 2.35. The number of amides is 5. The van der Waals surface area contributed by atoms with E-state index in [-0.39, 0.29) is 24.3 Å². The highest BCUT2D eigenvalue weighted by molar-refractivity contribution is 7.99. The first-order chi connectivity index (χ1) is 25.0. The molecule has 2 aromatic heterocycles. The van der Waals surface area contributed by atoms with E-state index in [1.54, 1.807) is 18.2 Å². The number of benzene rings is 2. The molecule has 1 unspecified atom stereocenters. The molecule has 7 rings (SSSR count). The average Bonchev–Trinajstić information content (AvgIpc) is 3.68. The number of piperidine rings is 1. The summed E-state index contributed by atoms with van der Waals surface area (Å²) in [7, 11) is 0. The number of hydrogen-bond donors (Lipinski definition) is 3. The van der Waals surface area contributed by atoms with Gasteiger partial charge in [-0.15, -0.1) is 11.8 Å². The summed E-state index contributed by atoms with van der Waals surface area (Å²) in [5.41, 5.74) is 2.03. The second kappa shape index (κ2) is 15.0. The monoisotopic (exact) mass is 759 g/mol. The van der Waals surface area contributed by atoms with E-state index in [4.69, 9.17) is 11.6 Å². The van der Waals surface area contributed by atoms with E-state index in [1.807, 2.05) is 38.1 Å². The number of thioether (sulfide) groups is 1. The first-order valence-corrected chi connectivity index (χ1v) is 18.8. The third-order valence-electron chi connectivity index (χ3n) is 9.04. The van der Waals surface area contributed by atoms with Crippen molar-refractivity contribution in [1.82, 2.24) is 30.1 Å². The molecule has 2 saturated heterocycles. The number of carbonyl (C=O) groups is 5. The Hall–Kier alpha value is -4.90. The Morgan fingerprint density at radius 2 is 1.83 bits per heavy atom. The summed E-state index contributed by atoms with van der Waals surface area (Å²) in [6.45, 7) is 7.58. The molecule has 17 heteroatoms. The van der Waals surface area contributed by atoms with Gasteiger partial charge in [0.25, 0.3) is 17.7 Å². The number of piperazine rings is 1. The molecule has 14 nitrogen and oxygen atoms in total. The summed E-state index contributed by atoms with van der Waals surface area (Å²) in [5.74, 6) is 0.332. The van der Waals surface area contributed by atoms with Crippen LogP contribution in [0.2, 0.25) is 5.02 Å². The largest absolute Gasteiger partial charge is 0.354 e. The summed E-state index contributed by atoms with van der Waals surface area (Å²) < 4.78 is 0. The van der Waals surface area contributed by atoms with E-state index >= 15 is 0 Å². The van der Waals surface area contributed by atoms with Crippen molar-refractivity contribution in [3.05, 3.63) is 81.1 Å². The molecule has 52 heavy (non-hydrogen) atoms. The van der Waals surface area contributed by atoms with Gasteiger partial charge in [0.2, 0.25) is 11.8 Å². The summed E-state index contributed by atoms with van der Waals surface area (Å²) in [5, 5.41) is 9.31. The summed E-state index contributed by atoms with van der Waals surface area (Å²) in [4.78, 5) is 83.8. The van der Waals surface area contributed by atoms with E-state index in [0.29, 0.717) is 48.6 Å². The average molecular weight is 760 g/mol. The number of para-hydroxylation sites is 1. The predicted octanol–water partition coefficient (Wildman–Crippen LogP) is 4.51. The Kier molecular flexibility index (Phi) is 10.2. The second-order valence-electron chi connectivity index (χ2n) is 12.5. The van der Waals surface area contributed by atoms with Crippen molar-refractivity contribution in [3.63, 3.8) is 0 Å². The lowest BCUT2D eigenvalue weighted by molar-refractivity contribution is -0.136. The Morgan fingerprint density at radius 3 is 2.60 bits per heavy atom. The lowest BCUT2D eigenvalue weighted by Crippen LogP contribution is -2.54. The highest BCUT2D eigenvalue weighted by Gasteiger charge is 2.45. The number of fused-ring (bicyclic) bond motifs is 1. The molecule has 1 atom stereocenters. The maximum Gasteiger partial charge on any atom is 0.267 e. The van der Waals surface area contributed by atoms with E-state index in [2.05, 4.69) is 40.7 Å². The Morgan fingerprint density at radius 1 is 1.04 bits per heavy atom. The number of rotatable bonds is 10. The fraction of sp³-hybridized carbons (Fsp3) is 0.314. The molecule has 3 aliphatic rings. The van der Waals surface area contributed by atoms with Crippen LogP contribution < -0.4 is 20.9 Å². The quantitative estimate of drug-likeness (QED) is 0.153. The normalized spacial score (nSPS) is 17.7. The van der Waals surface area contributed by atoms with Crippen LogP contribution in [0, 0.1) is 13.8 Å². The molecule has 2 fully saturated rings. The molecule has 268 valence electrons. The zero-order valence-electron chi connectivity index (χ0n) is 28.3. The molecule has 0 radical (unpaired) electrons. The standard InChI is InChI=1S/C35H34ClN9O5S2/c1-19-5-3-7-22(36)30(19)42-32(48)25-18-37-35(52-25)40-26-17-27(39-20(2)38-26)44-13-11-43(12-14-44)15-16-51-24-8-4-6-21-29(24)34(50)45(33(21)49)23-9-10-28(46)41-31(23)47/h3-8,17-18,23H,9-16H2,1-2H3,(H,42,48)(H,41,46,47)(H,37,38,39,40). The first-order valence-electron chi connectivity index (χ1n) is 16.7. The van der Waals surface area contributed by atoms with E-state index in [9.17, 15) is 24.0 Å². The number of halogens is 1. The number of anilines is 4. The number of nitrogens with zero attached hydrogens (tertiary/aromatic N) is 6. The van der Waals surface area contributed by atoms with Gasteiger partial charge in [0.15, 0.2) is 5.13 Å². The molecule has 0 aliphatic carbocycles. The number of thiazole rings is 1. The van der Waals surface area contributed by atoms with Crippen LogP contribution in [-0.2, 0) is 9.59 Å². The maximum absolute atomic E-state index is 13.4. The predicted molar refractivity (Wildman–Crippen MR) is 199 cm³/mol. The first kappa shape index (κ1) is 35.5. The lowest BCUT2D eigenvalue weighted by atomic mass is 10.0. The molecule has 3 aliphatic heterocycles. The van der Waals surface area contributed by atoms with Gasteiger partial charge in [0.1, 0.15) is 28.4 Å². The molecule has 5 amide bonds. The Labute approximate surface area is 312 Å². The molecule has 5 heterocycles. The molecule has 3 N–H and O–H groups in total. The minimum absolute atomic E-state index is 0.0779. The number of carbonyl (C=O) groups excluding carboxylic acids is 5. The van der Waals surface area contributed by atoms with E-state index < -0.39 is 29.7 Å². The van der Waals surface area contributed by atoms with Crippen molar-refractivity contribution < 1.29 is 24.0 Å². The smallest absolute Gasteiger partial charge is 0.267 e. The number of nitrogens with one attached hydrogen (secondary N) is 3. The maximum atomic E-state index is 13.4. The third-order valence-corrected chi connectivity index (χ3v) is 11.3. The summed E-state index contributed by atoms with van der Waals surface area (Å²) in [6.07, 6.45) is 1.71. The molecule has 0 bridgehead atoms. The fourth-order valence-electron chi connectivity index (χ4n) is 6.38. The van der Waals surface area contributed by atoms with Crippen molar-refractivity contribution >= 4 is 86.7 Å². The van der Waals surface area contributed by atoms with Gasteiger partial charge in [-0.25, -0.2) is 15.0 Å². The van der Waals surface area contributed by atoms with Gasteiger partial charge < -0.3 is 15.5 Å². The SMILES string of the molecule is Cc1nc(Nc2ncc(C(=O)Nc3c(C)cccc3Cl)s2)cc(N2CCN(CCSc3cccc4c3C(=O)N(C3CCC(=O)NC3=O)C4=O)CC2)n1. The molecular weight excluding hydrogens is 726 g/mol. The van der Waals surface area contributed by atoms with Crippen LogP contribution in [0.3, 0.4) is 0 Å². The van der Waals surface area contributed by atoms with Crippen LogP contribution in [0.25, 0.3) is 0 Å². The van der Waals surface area contributed by atoms with Gasteiger partial charge in [0.05, 0.1) is 28.0 Å². The van der Waals surface area contributed by atoms with Crippen LogP contribution in [0.15, 0.2) is 53.6 Å². The van der Waals surface area contributed by atoms with Crippen molar-refractivity contribution in [3.8, 4) is 0 Å². The van der Waals surface area contributed by atoms with Crippen LogP contribution in [0.5, 0.6) is 0 Å². The zero-order valence-corrected chi connectivity index (χ0v) is 30.7. The van der Waals surface area contributed by atoms with E-state index in [0.717, 1.165) is 49.0 Å². The van der Waals surface area contributed by atoms with Crippen LogP contribution >= 0.6 is 34.7 Å².